The lowest BCUT2D eigenvalue weighted by Crippen LogP contribution is -1.98. The minimum absolute atomic E-state index is 0.833. The maximum atomic E-state index is 5.86. The fourth-order valence-electron chi connectivity index (χ4n) is 1.99. The molecule has 0 unspecified atom stereocenters. The van der Waals surface area contributed by atoms with Crippen LogP contribution in [0.3, 0.4) is 0 Å². The fraction of sp³-hybridized carbons (Fsp3) is 0.250. The van der Waals surface area contributed by atoms with Crippen molar-refractivity contribution in [1.82, 2.24) is 0 Å². The number of aryl methyl sites for hydroxylation is 1. The van der Waals surface area contributed by atoms with Crippen molar-refractivity contribution in [3.63, 3.8) is 0 Å². The second-order valence-corrected chi connectivity index (χ2v) is 4.51. The first-order chi connectivity index (χ1) is 8.79. The van der Waals surface area contributed by atoms with E-state index in [4.69, 9.17) is 5.73 Å². The first kappa shape index (κ1) is 12.5. The van der Waals surface area contributed by atoms with E-state index in [0.717, 1.165) is 23.5 Å². The van der Waals surface area contributed by atoms with Crippen LogP contribution in [-0.2, 0) is 6.42 Å². The van der Waals surface area contributed by atoms with E-state index in [2.05, 4.69) is 36.5 Å². The summed E-state index contributed by atoms with van der Waals surface area (Å²) in [5.74, 6) is 0. The molecule has 3 N–H and O–H groups in total. The third-order valence-corrected chi connectivity index (χ3v) is 2.98. The van der Waals surface area contributed by atoms with Crippen molar-refractivity contribution in [2.75, 3.05) is 11.1 Å². The van der Waals surface area contributed by atoms with Gasteiger partial charge in [0.25, 0.3) is 0 Å². The normalized spacial score (nSPS) is 10.3. The van der Waals surface area contributed by atoms with Gasteiger partial charge in [0.2, 0.25) is 0 Å². The van der Waals surface area contributed by atoms with Gasteiger partial charge in [-0.15, -0.1) is 0 Å². The second-order valence-electron chi connectivity index (χ2n) is 4.51. The zero-order valence-electron chi connectivity index (χ0n) is 10.8. The van der Waals surface area contributed by atoms with Crippen molar-refractivity contribution in [2.45, 2.75) is 26.2 Å². The summed E-state index contributed by atoms with van der Waals surface area (Å²) in [7, 11) is 0. The molecule has 2 aromatic carbocycles. The molecule has 0 heterocycles. The first-order valence-electron chi connectivity index (χ1n) is 6.50. The third kappa shape index (κ3) is 3.27. The standard InChI is InChI=1S/C16H20N2/c1-2-3-7-13-12-14(17)10-11-16(13)18-15-8-5-4-6-9-15/h4-6,8-12,18H,2-3,7,17H2,1H3. The van der Waals surface area contributed by atoms with E-state index >= 15 is 0 Å². The fourth-order valence-corrected chi connectivity index (χ4v) is 1.99. The summed E-state index contributed by atoms with van der Waals surface area (Å²) < 4.78 is 0. The highest BCUT2D eigenvalue weighted by atomic mass is 14.9. The SMILES string of the molecule is CCCCc1cc(N)ccc1Nc1ccccc1. The molecule has 0 aliphatic heterocycles. The molecule has 0 saturated carbocycles. The predicted molar refractivity (Wildman–Crippen MR) is 79.2 cm³/mol. The summed E-state index contributed by atoms with van der Waals surface area (Å²) in [6.07, 6.45) is 3.45. The van der Waals surface area contributed by atoms with Gasteiger partial charge in [-0.05, 0) is 48.7 Å². The number of nitrogens with one attached hydrogen (secondary N) is 1. The zero-order chi connectivity index (χ0) is 12.8. The first-order valence-corrected chi connectivity index (χ1v) is 6.50. The van der Waals surface area contributed by atoms with Gasteiger partial charge in [0.1, 0.15) is 0 Å². The highest BCUT2D eigenvalue weighted by molar-refractivity contribution is 5.66. The van der Waals surface area contributed by atoms with Crippen LogP contribution in [0.4, 0.5) is 17.1 Å². The van der Waals surface area contributed by atoms with Gasteiger partial charge < -0.3 is 11.1 Å². The van der Waals surface area contributed by atoms with Crippen LogP contribution in [0.5, 0.6) is 0 Å². The molecule has 0 bridgehead atoms. The Hall–Kier alpha value is -1.96. The van der Waals surface area contributed by atoms with E-state index in [-0.39, 0.29) is 0 Å². The number of benzene rings is 2. The monoisotopic (exact) mass is 240 g/mol. The summed E-state index contributed by atoms with van der Waals surface area (Å²) in [5, 5.41) is 3.45. The minimum Gasteiger partial charge on any atom is -0.399 e. The van der Waals surface area contributed by atoms with Crippen LogP contribution in [0.2, 0.25) is 0 Å². The molecule has 0 aromatic heterocycles. The Morgan fingerprint density at radius 3 is 2.56 bits per heavy atom. The summed E-state index contributed by atoms with van der Waals surface area (Å²) in [6.45, 7) is 2.20. The Balaban J connectivity index is 2.21. The van der Waals surface area contributed by atoms with Gasteiger partial charge in [-0.3, -0.25) is 0 Å². The van der Waals surface area contributed by atoms with Crippen LogP contribution in [0.25, 0.3) is 0 Å². The largest absolute Gasteiger partial charge is 0.399 e. The molecule has 0 aliphatic carbocycles. The van der Waals surface area contributed by atoms with Crippen molar-refractivity contribution in [3.8, 4) is 0 Å². The molecular weight excluding hydrogens is 220 g/mol. The lowest BCUT2D eigenvalue weighted by Gasteiger charge is -2.12. The van der Waals surface area contributed by atoms with Crippen molar-refractivity contribution in [3.05, 3.63) is 54.1 Å². The Labute approximate surface area is 109 Å². The molecular formula is C16H20N2. The molecule has 18 heavy (non-hydrogen) atoms. The van der Waals surface area contributed by atoms with Crippen LogP contribution in [0, 0.1) is 0 Å². The molecule has 2 aromatic rings. The maximum absolute atomic E-state index is 5.86. The number of unbranched alkanes of at least 4 members (excludes halogenated alkanes) is 1. The zero-order valence-corrected chi connectivity index (χ0v) is 10.8. The molecule has 0 atom stereocenters. The number of anilines is 3. The summed E-state index contributed by atoms with van der Waals surface area (Å²) in [5.41, 5.74) is 10.3. The third-order valence-electron chi connectivity index (χ3n) is 2.98. The molecule has 0 fully saturated rings. The highest BCUT2D eigenvalue weighted by Gasteiger charge is 2.03. The number of rotatable bonds is 5. The predicted octanol–water partition coefficient (Wildman–Crippen LogP) is 4.36. The Morgan fingerprint density at radius 2 is 1.83 bits per heavy atom. The number of para-hydroxylation sites is 1. The molecule has 0 aliphatic rings. The van der Waals surface area contributed by atoms with Gasteiger partial charge in [-0.1, -0.05) is 31.5 Å². The van der Waals surface area contributed by atoms with Crippen LogP contribution in [0.1, 0.15) is 25.3 Å². The average molecular weight is 240 g/mol. The van der Waals surface area contributed by atoms with Gasteiger partial charge in [-0.25, -0.2) is 0 Å². The Kier molecular flexibility index (Phi) is 4.24. The van der Waals surface area contributed by atoms with Gasteiger partial charge in [0, 0.05) is 17.1 Å². The van der Waals surface area contributed by atoms with Crippen LogP contribution in [0.15, 0.2) is 48.5 Å². The lowest BCUT2D eigenvalue weighted by atomic mass is 10.1. The molecule has 2 nitrogen and oxygen atoms in total. The summed E-state index contributed by atoms with van der Waals surface area (Å²) in [4.78, 5) is 0. The van der Waals surface area contributed by atoms with E-state index < -0.39 is 0 Å². The molecule has 2 rings (SSSR count). The van der Waals surface area contributed by atoms with Gasteiger partial charge >= 0.3 is 0 Å². The number of hydrogen-bond donors (Lipinski definition) is 2. The van der Waals surface area contributed by atoms with E-state index in [0.29, 0.717) is 0 Å². The van der Waals surface area contributed by atoms with Crippen molar-refractivity contribution in [1.29, 1.82) is 0 Å². The smallest absolute Gasteiger partial charge is 0.0418 e. The Morgan fingerprint density at radius 1 is 1.06 bits per heavy atom. The van der Waals surface area contributed by atoms with E-state index in [1.54, 1.807) is 0 Å². The molecule has 0 radical (unpaired) electrons. The van der Waals surface area contributed by atoms with Crippen LogP contribution in [-0.4, -0.2) is 0 Å². The molecule has 0 saturated heterocycles. The average Bonchev–Trinajstić information content (AvgIpc) is 2.40. The second kappa shape index (κ2) is 6.10. The van der Waals surface area contributed by atoms with Gasteiger partial charge in [0.05, 0.1) is 0 Å². The summed E-state index contributed by atoms with van der Waals surface area (Å²) in [6, 6.07) is 16.3. The van der Waals surface area contributed by atoms with Crippen LogP contribution < -0.4 is 11.1 Å². The number of hydrogen-bond acceptors (Lipinski definition) is 2. The minimum atomic E-state index is 0.833. The van der Waals surface area contributed by atoms with E-state index in [9.17, 15) is 0 Å². The van der Waals surface area contributed by atoms with Gasteiger partial charge in [0.15, 0.2) is 0 Å². The highest BCUT2D eigenvalue weighted by Crippen LogP contribution is 2.24. The van der Waals surface area contributed by atoms with Crippen molar-refractivity contribution in [2.24, 2.45) is 0 Å². The van der Waals surface area contributed by atoms with Gasteiger partial charge in [-0.2, -0.15) is 0 Å². The lowest BCUT2D eigenvalue weighted by molar-refractivity contribution is 0.796. The molecule has 2 heteroatoms. The van der Waals surface area contributed by atoms with E-state index in [1.807, 2.05) is 24.3 Å². The van der Waals surface area contributed by atoms with E-state index in [1.165, 1.54) is 18.4 Å². The maximum Gasteiger partial charge on any atom is 0.0418 e. The topological polar surface area (TPSA) is 38.0 Å². The number of nitrogen functional groups attached to an aromatic ring is 1. The molecule has 0 spiro atoms. The van der Waals surface area contributed by atoms with Crippen LogP contribution >= 0.6 is 0 Å². The number of nitrogens with two attached hydrogens (primary N) is 1. The Bertz CT molecular complexity index is 492. The molecule has 0 amide bonds. The van der Waals surface area contributed by atoms with Crippen molar-refractivity contribution < 1.29 is 0 Å². The van der Waals surface area contributed by atoms with Crippen molar-refractivity contribution >= 4 is 17.1 Å². The molecule has 94 valence electrons. The quantitative estimate of drug-likeness (QED) is 0.762. The summed E-state index contributed by atoms with van der Waals surface area (Å²) >= 11 is 0.